The summed E-state index contributed by atoms with van der Waals surface area (Å²) < 4.78 is 32.9. The molecule has 0 spiro atoms. The molecule has 5 heteroatoms. The van der Waals surface area contributed by atoms with Gasteiger partial charge in [0.2, 0.25) is 0 Å². The van der Waals surface area contributed by atoms with Gasteiger partial charge in [-0.05, 0) is 12.8 Å². The van der Waals surface area contributed by atoms with Gasteiger partial charge in [-0.2, -0.15) is 0 Å². The molecular weight excluding hydrogens is 206 g/mol. The summed E-state index contributed by atoms with van der Waals surface area (Å²) >= 11 is 0. The molecule has 0 N–H and O–H groups in total. The highest BCUT2D eigenvalue weighted by Crippen LogP contribution is 2.56. The van der Waals surface area contributed by atoms with Crippen LogP contribution in [-0.4, -0.2) is 13.2 Å². The van der Waals surface area contributed by atoms with Crippen molar-refractivity contribution < 1.29 is 17.8 Å². The lowest BCUT2D eigenvalue weighted by atomic mass is 9.82. The van der Waals surface area contributed by atoms with E-state index in [0.29, 0.717) is 0 Å². The van der Waals surface area contributed by atoms with E-state index in [1.807, 2.05) is 6.92 Å². The first-order valence-corrected chi connectivity index (χ1v) is 6.56. The summed E-state index contributed by atoms with van der Waals surface area (Å²) in [6.07, 6.45) is 3.97. The van der Waals surface area contributed by atoms with Gasteiger partial charge in [0.1, 0.15) is 0 Å². The SMILES string of the molecule is CCCCC1(CC)COP(=O)(F)OC1. The second-order valence-corrected chi connectivity index (χ2v) is 5.31. The van der Waals surface area contributed by atoms with Crippen molar-refractivity contribution in [2.75, 3.05) is 13.2 Å². The molecule has 3 nitrogen and oxygen atoms in total. The zero-order chi connectivity index (χ0) is 10.7. The van der Waals surface area contributed by atoms with Crippen LogP contribution in [0.5, 0.6) is 0 Å². The van der Waals surface area contributed by atoms with Crippen molar-refractivity contribution in [1.82, 2.24) is 0 Å². The Morgan fingerprint density at radius 2 is 1.93 bits per heavy atom. The molecule has 14 heavy (non-hydrogen) atoms. The minimum atomic E-state index is -4.21. The molecule has 84 valence electrons. The molecule has 1 aliphatic heterocycles. The predicted molar refractivity (Wildman–Crippen MR) is 52.9 cm³/mol. The average Bonchev–Trinajstić information content (AvgIpc) is 2.18. The maximum Gasteiger partial charge on any atom is 0.513 e. The largest absolute Gasteiger partial charge is 0.513 e. The molecule has 0 amide bonds. The van der Waals surface area contributed by atoms with Crippen LogP contribution in [0.3, 0.4) is 0 Å². The lowest BCUT2D eigenvalue weighted by Crippen LogP contribution is -2.34. The van der Waals surface area contributed by atoms with E-state index in [1.165, 1.54) is 0 Å². The Kier molecular flexibility index (Phi) is 4.11. The van der Waals surface area contributed by atoms with E-state index in [-0.39, 0.29) is 18.6 Å². The van der Waals surface area contributed by atoms with Gasteiger partial charge in [-0.1, -0.05) is 26.7 Å². The zero-order valence-electron chi connectivity index (χ0n) is 8.79. The van der Waals surface area contributed by atoms with Crippen molar-refractivity contribution in [2.45, 2.75) is 39.5 Å². The Morgan fingerprint density at radius 1 is 1.36 bits per heavy atom. The van der Waals surface area contributed by atoms with Crippen molar-refractivity contribution in [1.29, 1.82) is 0 Å². The van der Waals surface area contributed by atoms with Gasteiger partial charge in [0.05, 0.1) is 13.2 Å². The molecule has 0 unspecified atom stereocenters. The van der Waals surface area contributed by atoms with Crippen LogP contribution < -0.4 is 0 Å². The van der Waals surface area contributed by atoms with Crippen molar-refractivity contribution in [3.8, 4) is 0 Å². The Balaban J connectivity index is 2.52. The van der Waals surface area contributed by atoms with Crippen molar-refractivity contribution in [2.24, 2.45) is 5.41 Å². The van der Waals surface area contributed by atoms with Crippen LogP contribution in [0.25, 0.3) is 0 Å². The van der Waals surface area contributed by atoms with Crippen LogP contribution in [0.2, 0.25) is 0 Å². The Bertz CT molecular complexity index is 220. The minimum Gasteiger partial charge on any atom is -0.283 e. The number of hydrogen-bond donors (Lipinski definition) is 0. The maximum atomic E-state index is 12.8. The third kappa shape index (κ3) is 3.04. The van der Waals surface area contributed by atoms with E-state index in [0.717, 1.165) is 25.7 Å². The summed E-state index contributed by atoms with van der Waals surface area (Å²) in [5.41, 5.74) is -0.129. The van der Waals surface area contributed by atoms with Gasteiger partial charge in [-0.15, -0.1) is 4.20 Å². The molecule has 1 saturated heterocycles. The van der Waals surface area contributed by atoms with E-state index < -0.39 is 7.91 Å². The average molecular weight is 224 g/mol. The van der Waals surface area contributed by atoms with Crippen molar-refractivity contribution >= 4 is 7.91 Å². The fourth-order valence-corrected chi connectivity index (χ4v) is 2.51. The second kappa shape index (κ2) is 4.73. The third-order valence-electron chi connectivity index (χ3n) is 2.86. The molecular formula is C9H18FO3P. The Labute approximate surface area is 84.6 Å². The van der Waals surface area contributed by atoms with E-state index in [4.69, 9.17) is 0 Å². The number of halogens is 1. The summed E-state index contributed by atoms with van der Waals surface area (Å²) in [4.78, 5) is 0. The first-order valence-electron chi connectivity index (χ1n) is 5.12. The molecule has 1 rings (SSSR count). The van der Waals surface area contributed by atoms with Gasteiger partial charge in [-0.25, -0.2) is 4.57 Å². The van der Waals surface area contributed by atoms with E-state index in [1.54, 1.807) is 0 Å². The molecule has 0 aromatic heterocycles. The zero-order valence-corrected chi connectivity index (χ0v) is 9.69. The van der Waals surface area contributed by atoms with E-state index >= 15 is 0 Å². The van der Waals surface area contributed by atoms with Gasteiger partial charge >= 0.3 is 7.91 Å². The van der Waals surface area contributed by atoms with E-state index in [2.05, 4.69) is 16.0 Å². The lowest BCUT2D eigenvalue weighted by molar-refractivity contribution is -0.00512. The molecule has 0 radical (unpaired) electrons. The summed E-state index contributed by atoms with van der Waals surface area (Å²) in [5.74, 6) is 0. The highest BCUT2D eigenvalue weighted by Gasteiger charge is 2.41. The molecule has 0 bridgehead atoms. The van der Waals surface area contributed by atoms with E-state index in [9.17, 15) is 8.76 Å². The monoisotopic (exact) mass is 224 g/mol. The maximum absolute atomic E-state index is 12.8. The molecule has 0 aliphatic carbocycles. The van der Waals surface area contributed by atoms with Crippen LogP contribution in [0.15, 0.2) is 0 Å². The molecule has 0 saturated carbocycles. The highest BCUT2D eigenvalue weighted by molar-refractivity contribution is 7.48. The molecule has 1 fully saturated rings. The normalized spacial score (nSPS) is 38.5. The van der Waals surface area contributed by atoms with Crippen LogP contribution in [-0.2, 0) is 13.6 Å². The highest BCUT2D eigenvalue weighted by atomic mass is 31.2. The van der Waals surface area contributed by atoms with Gasteiger partial charge < -0.3 is 0 Å². The lowest BCUT2D eigenvalue weighted by Gasteiger charge is -2.36. The topological polar surface area (TPSA) is 35.5 Å². The van der Waals surface area contributed by atoms with Crippen molar-refractivity contribution in [3.63, 3.8) is 0 Å². The Morgan fingerprint density at radius 3 is 2.36 bits per heavy atom. The van der Waals surface area contributed by atoms with Gasteiger partial charge in [0.15, 0.2) is 0 Å². The fraction of sp³-hybridized carbons (Fsp3) is 1.00. The Hall–Kier alpha value is 0.0800. The number of unbranched alkanes of at least 4 members (excludes halogenated alkanes) is 1. The number of hydrogen-bond acceptors (Lipinski definition) is 3. The third-order valence-corrected chi connectivity index (χ3v) is 3.74. The smallest absolute Gasteiger partial charge is 0.283 e. The van der Waals surface area contributed by atoms with Gasteiger partial charge in [0.25, 0.3) is 0 Å². The molecule has 1 aliphatic rings. The second-order valence-electron chi connectivity index (χ2n) is 3.93. The predicted octanol–water partition coefficient (Wildman–Crippen LogP) is 3.70. The van der Waals surface area contributed by atoms with Crippen LogP contribution >= 0.6 is 7.91 Å². The first-order chi connectivity index (χ1) is 6.54. The number of rotatable bonds is 4. The molecule has 0 atom stereocenters. The van der Waals surface area contributed by atoms with Crippen LogP contribution in [0.1, 0.15) is 39.5 Å². The first kappa shape index (κ1) is 12.2. The van der Waals surface area contributed by atoms with Crippen LogP contribution in [0.4, 0.5) is 4.20 Å². The quantitative estimate of drug-likeness (QED) is 0.683. The molecule has 0 aromatic rings. The summed E-state index contributed by atoms with van der Waals surface area (Å²) in [7, 11) is -4.21. The van der Waals surface area contributed by atoms with Crippen LogP contribution in [0, 0.1) is 5.41 Å². The summed E-state index contributed by atoms with van der Waals surface area (Å²) in [5, 5.41) is 0. The minimum absolute atomic E-state index is 0.129. The standard InChI is InChI=1S/C9H18FO3P/c1-3-5-6-9(4-2)7-12-14(10,11)13-8-9/h3-8H2,1-2H3. The van der Waals surface area contributed by atoms with Crippen molar-refractivity contribution in [3.05, 3.63) is 0 Å². The summed E-state index contributed by atoms with van der Waals surface area (Å²) in [6, 6.07) is 0. The fourth-order valence-electron chi connectivity index (χ4n) is 1.58. The van der Waals surface area contributed by atoms with Gasteiger partial charge in [0, 0.05) is 5.41 Å². The van der Waals surface area contributed by atoms with Gasteiger partial charge in [-0.3, -0.25) is 9.05 Å². The molecule has 1 heterocycles. The molecule has 0 aromatic carbocycles. The summed E-state index contributed by atoms with van der Waals surface area (Å²) in [6.45, 7) is 4.57.